The van der Waals surface area contributed by atoms with E-state index in [1.165, 1.54) is 11.3 Å². The first-order valence-corrected chi connectivity index (χ1v) is 4.67. The third kappa shape index (κ3) is 0.701. The third-order valence-electron chi connectivity index (χ3n) is 2.13. The SMILES string of the molecule is C1=Cc2[nH]ccc2C2SNN=C12. The number of fused-ring (bicyclic) bond motifs is 3. The van der Waals surface area contributed by atoms with E-state index in [9.17, 15) is 0 Å². The highest BCUT2D eigenvalue weighted by Crippen LogP contribution is 2.37. The van der Waals surface area contributed by atoms with E-state index < -0.39 is 0 Å². The van der Waals surface area contributed by atoms with Crippen LogP contribution in [0.3, 0.4) is 0 Å². The van der Waals surface area contributed by atoms with Gasteiger partial charge in [0.25, 0.3) is 0 Å². The summed E-state index contributed by atoms with van der Waals surface area (Å²) in [6.07, 6.45) is 6.09. The number of rotatable bonds is 0. The van der Waals surface area contributed by atoms with Crippen molar-refractivity contribution in [3.63, 3.8) is 0 Å². The minimum absolute atomic E-state index is 0.385. The van der Waals surface area contributed by atoms with Crippen LogP contribution >= 0.6 is 11.9 Å². The highest BCUT2D eigenvalue weighted by Gasteiger charge is 2.27. The molecule has 0 amide bonds. The van der Waals surface area contributed by atoms with Crippen LogP contribution in [0.25, 0.3) is 6.08 Å². The number of hydrogen-bond acceptors (Lipinski definition) is 3. The van der Waals surface area contributed by atoms with Crippen molar-refractivity contribution in [1.29, 1.82) is 0 Å². The fourth-order valence-electron chi connectivity index (χ4n) is 1.53. The molecule has 0 spiro atoms. The first-order chi connectivity index (χ1) is 5.95. The monoisotopic (exact) mass is 177 g/mol. The molecule has 4 heteroatoms. The van der Waals surface area contributed by atoms with Crippen LogP contribution in [-0.4, -0.2) is 10.7 Å². The van der Waals surface area contributed by atoms with Crippen molar-refractivity contribution in [1.82, 2.24) is 9.82 Å². The first kappa shape index (κ1) is 6.37. The molecule has 3 rings (SSSR count). The highest BCUT2D eigenvalue weighted by atomic mass is 32.2. The zero-order valence-electron chi connectivity index (χ0n) is 6.24. The number of hydrogen-bond donors (Lipinski definition) is 2. The molecule has 2 heterocycles. The maximum absolute atomic E-state index is 4.17. The summed E-state index contributed by atoms with van der Waals surface area (Å²) in [6, 6.07) is 2.11. The Morgan fingerprint density at radius 2 is 2.42 bits per heavy atom. The van der Waals surface area contributed by atoms with Gasteiger partial charge in [-0.05, 0) is 35.7 Å². The first-order valence-electron chi connectivity index (χ1n) is 3.79. The number of H-pyrrole nitrogens is 1. The standard InChI is InChI=1S/C8H7N3S/c1-2-7-8(12-11-10-7)5-3-4-9-6(1)5/h1-4,8-9,11H. The average molecular weight is 177 g/mol. The van der Waals surface area contributed by atoms with Crippen LogP contribution in [0, 0.1) is 0 Å². The molecule has 1 atom stereocenters. The van der Waals surface area contributed by atoms with Gasteiger partial charge in [0.1, 0.15) is 0 Å². The molecule has 1 aromatic heterocycles. The van der Waals surface area contributed by atoms with Gasteiger partial charge in [-0.25, -0.2) is 0 Å². The number of allylic oxidation sites excluding steroid dienone is 1. The minimum atomic E-state index is 0.385. The Morgan fingerprint density at radius 3 is 3.42 bits per heavy atom. The molecular formula is C8H7N3S. The van der Waals surface area contributed by atoms with E-state index in [4.69, 9.17) is 0 Å². The normalized spacial score (nSPS) is 24.3. The lowest BCUT2D eigenvalue weighted by Crippen LogP contribution is -2.06. The summed E-state index contributed by atoms with van der Waals surface area (Å²) in [5, 5.41) is 4.55. The summed E-state index contributed by atoms with van der Waals surface area (Å²) in [4.78, 5) is 6.12. The molecule has 60 valence electrons. The molecule has 1 aliphatic carbocycles. The molecule has 0 saturated carbocycles. The second kappa shape index (κ2) is 2.17. The second-order valence-electron chi connectivity index (χ2n) is 2.81. The predicted octanol–water partition coefficient (Wildman–Crippen LogP) is 1.69. The summed E-state index contributed by atoms with van der Waals surface area (Å²) in [6.45, 7) is 0. The molecule has 2 N–H and O–H groups in total. The smallest absolute Gasteiger partial charge is 0.0970 e. The van der Waals surface area contributed by atoms with Crippen LogP contribution in [-0.2, 0) is 0 Å². The largest absolute Gasteiger partial charge is 0.361 e. The summed E-state index contributed by atoms with van der Waals surface area (Å²) in [5.41, 5.74) is 3.65. The van der Waals surface area contributed by atoms with Crippen LogP contribution in [0.1, 0.15) is 16.5 Å². The van der Waals surface area contributed by atoms with Gasteiger partial charge in [-0.15, -0.1) is 0 Å². The van der Waals surface area contributed by atoms with Gasteiger partial charge in [-0.1, -0.05) is 0 Å². The Bertz CT molecular complexity index is 377. The van der Waals surface area contributed by atoms with Gasteiger partial charge in [0.2, 0.25) is 0 Å². The number of nitrogens with one attached hydrogen (secondary N) is 2. The minimum Gasteiger partial charge on any atom is -0.361 e. The van der Waals surface area contributed by atoms with E-state index in [0.29, 0.717) is 5.25 Å². The maximum atomic E-state index is 4.17. The van der Waals surface area contributed by atoms with E-state index in [2.05, 4.69) is 33.1 Å². The molecule has 0 aromatic carbocycles. The third-order valence-corrected chi connectivity index (χ3v) is 3.06. The van der Waals surface area contributed by atoms with Gasteiger partial charge < -0.3 is 4.98 Å². The Hall–Kier alpha value is -1.16. The summed E-state index contributed by atoms with van der Waals surface area (Å²) in [5.74, 6) is 0. The molecule has 12 heavy (non-hydrogen) atoms. The van der Waals surface area contributed by atoms with Gasteiger partial charge in [0.05, 0.1) is 11.0 Å². The van der Waals surface area contributed by atoms with Gasteiger partial charge in [0.15, 0.2) is 0 Å². The lowest BCUT2D eigenvalue weighted by atomic mass is 10.0. The van der Waals surface area contributed by atoms with Crippen molar-refractivity contribution in [2.24, 2.45) is 5.10 Å². The van der Waals surface area contributed by atoms with Crippen molar-refractivity contribution < 1.29 is 0 Å². The van der Waals surface area contributed by atoms with Gasteiger partial charge in [0, 0.05) is 11.9 Å². The number of aromatic nitrogens is 1. The summed E-state index contributed by atoms with van der Waals surface area (Å²) in [7, 11) is 0. The molecular weight excluding hydrogens is 170 g/mol. The van der Waals surface area contributed by atoms with Crippen LogP contribution in [0.4, 0.5) is 0 Å². The summed E-state index contributed by atoms with van der Waals surface area (Å²) >= 11 is 1.65. The Morgan fingerprint density at radius 1 is 1.42 bits per heavy atom. The fourth-order valence-corrected chi connectivity index (χ4v) is 2.38. The van der Waals surface area contributed by atoms with E-state index in [1.54, 1.807) is 11.9 Å². The van der Waals surface area contributed by atoms with E-state index in [0.717, 1.165) is 5.71 Å². The Labute approximate surface area is 74.1 Å². The Balaban J connectivity index is 2.20. The molecule has 0 fully saturated rings. The van der Waals surface area contributed by atoms with Crippen molar-refractivity contribution in [3.8, 4) is 0 Å². The molecule has 0 radical (unpaired) electrons. The molecule has 1 aliphatic heterocycles. The molecule has 3 nitrogen and oxygen atoms in total. The zero-order valence-corrected chi connectivity index (χ0v) is 7.06. The van der Waals surface area contributed by atoms with E-state index in [1.807, 2.05) is 6.20 Å². The number of nitrogens with zero attached hydrogens (tertiary/aromatic N) is 1. The fraction of sp³-hybridized carbons (Fsp3) is 0.125. The molecule has 2 aliphatic rings. The van der Waals surface area contributed by atoms with Crippen molar-refractivity contribution in [2.75, 3.05) is 0 Å². The topological polar surface area (TPSA) is 40.2 Å². The van der Waals surface area contributed by atoms with Crippen molar-refractivity contribution in [2.45, 2.75) is 5.25 Å². The predicted molar refractivity (Wildman–Crippen MR) is 50.7 cm³/mol. The van der Waals surface area contributed by atoms with E-state index in [-0.39, 0.29) is 0 Å². The van der Waals surface area contributed by atoms with Crippen LogP contribution < -0.4 is 4.83 Å². The Kier molecular flexibility index (Phi) is 1.15. The zero-order chi connectivity index (χ0) is 7.97. The lowest BCUT2D eigenvalue weighted by Gasteiger charge is -2.11. The van der Waals surface area contributed by atoms with Crippen molar-refractivity contribution >= 4 is 23.7 Å². The lowest BCUT2D eigenvalue weighted by molar-refractivity contribution is 1.14. The van der Waals surface area contributed by atoms with Crippen LogP contribution in [0.2, 0.25) is 0 Å². The molecule has 1 unspecified atom stereocenters. The average Bonchev–Trinajstić information content (AvgIpc) is 2.71. The van der Waals surface area contributed by atoms with Gasteiger partial charge in [-0.2, -0.15) is 5.10 Å². The highest BCUT2D eigenvalue weighted by molar-refractivity contribution is 7.98. The van der Waals surface area contributed by atoms with Crippen LogP contribution in [0.15, 0.2) is 23.4 Å². The summed E-state index contributed by atoms with van der Waals surface area (Å²) < 4.78 is 0. The maximum Gasteiger partial charge on any atom is 0.0970 e. The quantitative estimate of drug-likeness (QED) is 0.592. The van der Waals surface area contributed by atoms with Crippen molar-refractivity contribution in [3.05, 3.63) is 29.6 Å². The molecule has 0 saturated heterocycles. The van der Waals surface area contributed by atoms with Crippen LogP contribution in [0.5, 0.6) is 0 Å². The second-order valence-corrected chi connectivity index (χ2v) is 3.70. The van der Waals surface area contributed by atoms with E-state index >= 15 is 0 Å². The molecule has 1 aromatic rings. The molecule has 0 bridgehead atoms. The van der Waals surface area contributed by atoms with Gasteiger partial charge in [-0.3, -0.25) is 4.83 Å². The van der Waals surface area contributed by atoms with Gasteiger partial charge >= 0.3 is 0 Å². The number of hydrazone groups is 1. The number of aromatic amines is 1.